The molecule has 0 bridgehead atoms. The van der Waals surface area contributed by atoms with Crippen LogP contribution in [0.4, 0.5) is 0 Å². The number of carboxylic acid groups (broad SMARTS) is 2. The number of hydrogen-bond acceptors (Lipinski definition) is 9. The van der Waals surface area contributed by atoms with Crippen LogP contribution in [0.5, 0.6) is 0 Å². The fourth-order valence-corrected chi connectivity index (χ4v) is 2.81. The molecule has 182 valence electrons. The van der Waals surface area contributed by atoms with Crippen LogP contribution in [0.2, 0.25) is 0 Å². The number of nitrogens with one attached hydrogen (secondary N) is 3. The van der Waals surface area contributed by atoms with Crippen LogP contribution in [0.3, 0.4) is 0 Å². The Labute approximate surface area is 187 Å². The molecule has 0 saturated carbocycles. The Morgan fingerprint density at radius 2 is 1.41 bits per heavy atom. The van der Waals surface area contributed by atoms with Crippen LogP contribution in [-0.2, 0) is 28.8 Å². The molecule has 0 fully saturated rings. The summed E-state index contributed by atoms with van der Waals surface area (Å²) in [5.74, 6) is -6.14. The number of thioether (sulfide) groups is 1. The van der Waals surface area contributed by atoms with Crippen LogP contribution < -0.4 is 27.4 Å². The van der Waals surface area contributed by atoms with E-state index in [1.54, 1.807) is 6.26 Å². The number of aliphatic hydroxyl groups is 1. The molecule has 15 heteroatoms. The van der Waals surface area contributed by atoms with Gasteiger partial charge in [-0.1, -0.05) is 0 Å². The van der Waals surface area contributed by atoms with Gasteiger partial charge in [-0.25, -0.2) is 4.79 Å². The minimum absolute atomic E-state index is 0.274. The Morgan fingerprint density at radius 1 is 0.875 bits per heavy atom. The number of carboxylic acids is 2. The maximum absolute atomic E-state index is 12.6. The van der Waals surface area contributed by atoms with Crippen LogP contribution in [-0.4, -0.2) is 93.7 Å². The van der Waals surface area contributed by atoms with Crippen molar-refractivity contribution in [3.8, 4) is 0 Å². The predicted octanol–water partition coefficient (Wildman–Crippen LogP) is -3.66. The van der Waals surface area contributed by atoms with Crippen molar-refractivity contribution in [1.29, 1.82) is 0 Å². The van der Waals surface area contributed by atoms with E-state index in [4.69, 9.17) is 26.8 Å². The van der Waals surface area contributed by atoms with Gasteiger partial charge in [0.25, 0.3) is 0 Å². The molecule has 0 heterocycles. The third-order valence-corrected chi connectivity index (χ3v) is 4.73. The van der Waals surface area contributed by atoms with Crippen molar-refractivity contribution >= 4 is 47.3 Å². The number of primary amides is 1. The number of aliphatic hydroxyl groups excluding tert-OH is 1. The number of hydrogen-bond donors (Lipinski definition) is 8. The second-order valence-electron chi connectivity index (χ2n) is 6.70. The van der Waals surface area contributed by atoms with Crippen LogP contribution in [0.1, 0.15) is 25.7 Å². The van der Waals surface area contributed by atoms with Crippen molar-refractivity contribution < 1.29 is 44.1 Å². The molecular weight excluding hydrogens is 450 g/mol. The highest BCUT2D eigenvalue weighted by molar-refractivity contribution is 7.98. The van der Waals surface area contributed by atoms with Gasteiger partial charge in [-0.15, -0.1) is 0 Å². The van der Waals surface area contributed by atoms with Gasteiger partial charge in [0, 0.05) is 6.42 Å². The Hall–Kier alpha value is -2.91. The van der Waals surface area contributed by atoms with E-state index >= 15 is 0 Å². The van der Waals surface area contributed by atoms with Crippen molar-refractivity contribution in [1.82, 2.24) is 16.0 Å². The van der Waals surface area contributed by atoms with Gasteiger partial charge in [0.1, 0.15) is 18.1 Å². The van der Waals surface area contributed by atoms with E-state index in [0.717, 1.165) is 0 Å². The molecule has 0 aromatic carbocycles. The molecule has 32 heavy (non-hydrogen) atoms. The monoisotopic (exact) mass is 479 g/mol. The number of rotatable bonds is 16. The highest BCUT2D eigenvalue weighted by atomic mass is 32.2. The molecule has 14 nitrogen and oxygen atoms in total. The number of amides is 4. The van der Waals surface area contributed by atoms with Crippen molar-refractivity contribution in [2.45, 2.75) is 49.9 Å². The van der Waals surface area contributed by atoms with Crippen LogP contribution in [0, 0.1) is 0 Å². The SMILES string of the molecule is CSCCC(N)C(=O)NC(CC(=O)O)C(=O)NC(CCC(N)=O)C(=O)NC(CO)C(=O)O. The fraction of sp³-hybridized carbons (Fsp3) is 0.647. The third-order valence-electron chi connectivity index (χ3n) is 4.09. The van der Waals surface area contributed by atoms with E-state index in [9.17, 15) is 28.8 Å². The second kappa shape index (κ2) is 15.0. The van der Waals surface area contributed by atoms with Gasteiger partial charge < -0.3 is 42.7 Å². The molecule has 4 amide bonds. The van der Waals surface area contributed by atoms with E-state index in [1.165, 1.54) is 11.8 Å². The van der Waals surface area contributed by atoms with Gasteiger partial charge >= 0.3 is 11.9 Å². The van der Waals surface area contributed by atoms with Gasteiger partial charge in [0.15, 0.2) is 0 Å². The zero-order valence-electron chi connectivity index (χ0n) is 17.4. The summed E-state index contributed by atoms with van der Waals surface area (Å²) in [7, 11) is 0. The minimum Gasteiger partial charge on any atom is -0.481 e. The molecule has 0 spiro atoms. The Bertz CT molecular complexity index is 706. The van der Waals surface area contributed by atoms with E-state index in [1.807, 2.05) is 5.32 Å². The molecule has 4 unspecified atom stereocenters. The summed E-state index contributed by atoms with van der Waals surface area (Å²) in [5, 5.41) is 33.4. The maximum Gasteiger partial charge on any atom is 0.328 e. The topological polar surface area (TPSA) is 251 Å². The van der Waals surface area contributed by atoms with E-state index in [2.05, 4.69) is 10.6 Å². The lowest BCUT2D eigenvalue weighted by molar-refractivity contribution is -0.144. The number of nitrogens with two attached hydrogens (primary N) is 2. The highest BCUT2D eigenvalue weighted by Gasteiger charge is 2.31. The lowest BCUT2D eigenvalue weighted by atomic mass is 10.1. The summed E-state index contributed by atoms with van der Waals surface area (Å²) in [6.07, 6.45) is 0.534. The van der Waals surface area contributed by atoms with Crippen molar-refractivity contribution in [2.24, 2.45) is 11.5 Å². The second-order valence-corrected chi connectivity index (χ2v) is 7.68. The van der Waals surface area contributed by atoms with Crippen LogP contribution in [0.15, 0.2) is 0 Å². The molecule has 0 rings (SSSR count). The molecule has 10 N–H and O–H groups in total. The molecule has 4 atom stereocenters. The molecular formula is C17H29N5O9S. The maximum atomic E-state index is 12.6. The molecule has 0 aromatic rings. The van der Waals surface area contributed by atoms with Gasteiger partial charge in [-0.3, -0.25) is 24.0 Å². The molecule has 0 aliphatic heterocycles. The van der Waals surface area contributed by atoms with E-state index in [-0.39, 0.29) is 19.3 Å². The molecule has 0 aliphatic carbocycles. The summed E-state index contributed by atoms with van der Waals surface area (Å²) in [6.45, 7) is -0.941. The average molecular weight is 480 g/mol. The summed E-state index contributed by atoms with van der Waals surface area (Å²) in [6, 6.07) is -5.78. The van der Waals surface area contributed by atoms with Crippen LogP contribution in [0.25, 0.3) is 0 Å². The average Bonchev–Trinajstić information content (AvgIpc) is 2.71. The van der Waals surface area contributed by atoms with Gasteiger partial charge in [0.05, 0.1) is 19.1 Å². The summed E-state index contributed by atoms with van der Waals surface area (Å²) < 4.78 is 0. The van der Waals surface area contributed by atoms with Crippen LogP contribution >= 0.6 is 11.8 Å². The third kappa shape index (κ3) is 11.5. The van der Waals surface area contributed by atoms with Crippen molar-refractivity contribution in [3.05, 3.63) is 0 Å². The Balaban J connectivity index is 5.45. The van der Waals surface area contributed by atoms with Crippen molar-refractivity contribution in [3.63, 3.8) is 0 Å². The van der Waals surface area contributed by atoms with Gasteiger partial charge in [-0.2, -0.15) is 11.8 Å². The molecule has 0 aliphatic rings. The first-order valence-electron chi connectivity index (χ1n) is 9.42. The zero-order valence-corrected chi connectivity index (χ0v) is 18.2. The minimum atomic E-state index is -1.68. The van der Waals surface area contributed by atoms with E-state index < -0.39 is 72.8 Å². The first kappa shape index (κ1) is 29.1. The number of aliphatic carboxylic acids is 2. The number of carbonyl (C=O) groups is 6. The molecule has 0 radical (unpaired) electrons. The quantitative estimate of drug-likeness (QED) is 0.107. The normalized spacial score (nSPS) is 14.3. The summed E-state index contributed by atoms with van der Waals surface area (Å²) in [4.78, 5) is 70.4. The molecule has 0 aromatic heterocycles. The summed E-state index contributed by atoms with van der Waals surface area (Å²) in [5.41, 5.74) is 10.8. The van der Waals surface area contributed by atoms with Gasteiger partial charge in [-0.05, 0) is 24.9 Å². The summed E-state index contributed by atoms with van der Waals surface area (Å²) >= 11 is 1.44. The smallest absolute Gasteiger partial charge is 0.328 e. The Morgan fingerprint density at radius 3 is 1.88 bits per heavy atom. The largest absolute Gasteiger partial charge is 0.481 e. The number of carbonyl (C=O) groups excluding carboxylic acids is 4. The first-order chi connectivity index (χ1) is 14.9. The van der Waals surface area contributed by atoms with Gasteiger partial charge in [0.2, 0.25) is 23.6 Å². The Kier molecular flexibility index (Phi) is 13.6. The molecule has 0 saturated heterocycles. The van der Waals surface area contributed by atoms with E-state index in [0.29, 0.717) is 5.75 Å². The highest BCUT2D eigenvalue weighted by Crippen LogP contribution is 2.04. The lowest BCUT2D eigenvalue weighted by Crippen LogP contribution is -2.58. The predicted molar refractivity (Wildman–Crippen MR) is 112 cm³/mol. The fourth-order valence-electron chi connectivity index (χ4n) is 2.32. The first-order valence-corrected chi connectivity index (χ1v) is 10.8. The van der Waals surface area contributed by atoms with Crippen molar-refractivity contribution in [2.75, 3.05) is 18.6 Å². The lowest BCUT2D eigenvalue weighted by Gasteiger charge is -2.24. The standard InChI is InChI=1S/C17H29N5O9S/c1-32-5-4-8(18)14(27)21-10(6-13(25)26)16(29)20-9(2-3-12(19)24)15(28)22-11(7-23)17(30)31/h8-11,23H,2-7,18H2,1H3,(H2,19,24)(H,20,29)(H,21,27)(H,22,28)(H,25,26)(H,30,31). The zero-order chi connectivity index (χ0) is 24.8.